The van der Waals surface area contributed by atoms with Gasteiger partial charge in [0.15, 0.2) is 0 Å². The summed E-state index contributed by atoms with van der Waals surface area (Å²) < 4.78 is 46.6. The normalized spacial score (nSPS) is 14.0. The van der Waals surface area contributed by atoms with E-state index < -0.39 is 5.41 Å². The van der Waals surface area contributed by atoms with Gasteiger partial charge in [0.05, 0.1) is 33.6 Å². The Morgan fingerprint density at radius 2 is 1.05 bits per heavy atom. The molecule has 2 aromatic heterocycles. The third-order valence-corrected chi connectivity index (χ3v) is 14.7. The van der Waals surface area contributed by atoms with Gasteiger partial charge in [0.1, 0.15) is 24.0 Å². The van der Waals surface area contributed by atoms with Crippen molar-refractivity contribution in [2.75, 3.05) is 16.5 Å². The smallest absolute Gasteiger partial charge is 0.137 e. The summed E-state index contributed by atoms with van der Waals surface area (Å²) in [5.74, 6) is 2.22. The Morgan fingerprint density at radius 1 is 0.453 bits per heavy atom. The van der Waals surface area contributed by atoms with Crippen LogP contribution >= 0.6 is 0 Å². The first kappa shape index (κ1) is 44.6. The Labute approximate surface area is 450 Å². The lowest BCUT2D eigenvalue weighted by Gasteiger charge is -2.28. The van der Waals surface area contributed by atoms with Crippen molar-refractivity contribution in [3.05, 3.63) is 216 Å². The minimum atomic E-state index is -0.624. The maximum absolute atomic E-state index is 9.83. The van der Waals surface area contributed by atoms with E-state index in [0.29, 0.717) is 34.9 Å². The van der Waals surface area contributed by atoms with E-state index in [4.69, 9.17) is 12.5 Å². The molecule has 0 unspecified atom stereocenters. The summed E-state index contributed by atoms with van der Waals surface area (Å²) in [6.45, 7) is 26.5. The molecule has 0 radical (unpaired) electrons. The Bertz CT molecular complexity index is 3970. The van der Waals surface area contributed by atoms with Crippen molar-refractivity contribution in [3.63, 3.8) is 0 Å². The minimum Gasteiger partial charge on any atom is -0.457 e. The van der Waals surface area contributed by atoms with Crippen molar-refractivity contribution >= 4 is 44.6 Å². The molecule has 0 N–H and O–H groups in total. The highest BCUT2D eigenvalue weighted by Gasteiger charge is 2.32. The Hall–Kier alpha value is -7.89. The van der Waals surface area contributed by atoms with Crippen LogP contribution < -0.4 is 14.5 Å². The predicted octanol–water partition coefficient (Wildman–Crippen LogP) is 19.4. The predicted molar refractivity (Wildman–Crippen MR) is 318 cm³/mol. The molecule has 5 heteroatoms. The summed E-state index contributed by atoms with van der Waals surface area (Å²) in [5.41, 5.74) is 14.4. The van der Waals surface area contributed by atoms with Gasteiger partial charge in [-0.3, -0.25) is 4.57 Å². The van der Waals surface area contributed by atoms with Gasteiger partial charge in [0.2, 0.25) is 0 Å². The molecule has 10 aromatic rings. The molecule has 75 heavy (non-hydrogen) atoms. The van der Waals surface area contributed by atoms with Crippen LogP contribution in [0.4, 0.5) is 22.7 Å². The summed E-state index contributed by atoms with van der Waals surface area (Å²) in [6.07, 6.45) is 1.98. The van der Waals surface area contributed by atoms with E-state index in [1.165, 1.54) is 22.3 Å². The zero-order valence-corrected chi connectivity index (χ0v) is 45.6. The molecule has 3 heterocycles. The van der Waals surface area contributed by atoms with Crippen molar-refractivity contribution in [1.29, 1.82) is 0 Å². The summed E-state index contributed by atoms with van der Waals surface area (Å²) in [5, 5.41) is 2.26. The highest BCUT2D eigenvalue weighted by Crippen LogP contribution is 2.51. The van der Waals surface area contributed by atoms with Crippen molar-refractivity contribution in [1.82, 2.24) is 9.55 Å². The molecule has 0 spiro atoms. The number of benzene rings is 8. The molecule has 0 saturated carbocycles. The number of hydrogen-bond donors (Lipinski definition) is 0. The number of para-hydroxylation sites is 4. The molecule has 8 aromatic carbocycles. The molecule has 1 aliphatic rings. The Balaban J connectivity index is 1.02. The van der Waals surface area contributed by atoms with Crippen LogP contribution in [0.15, 0.2) is 194 Å². The van der Waals surface area contributed by atoms with Crippen LogP contribution in [0.2, 0.25) is 0 Å². The zero-order valence-electron chi connectivity index (χ0n) is 49.6. The molecule has 5 nitrogen and oxygen atoms in total. The van der Waals surface area contributed by atoms with Gasteiger partial charge in [-0.1, -0.05) is 210 Å². The topological polar surface area (TPSA) is 33.5 Å². The molecule has 0 atom stereocenters. The fourth-order valence-electron chi connectivity index (χ4n) is 10.3. The van der Waals surface area contributed by atoms with Crippen LogP contribution in [0.3, 0.4) is 0 Å². The lowest BCUT2D eigenvalue weighted by Crippen LogP contribution is -2.25. The highest BCUT2D eigenvalue weighted by atomic mass is 16.5. The van der Waals surface area contributed by atoms with Crippen LogP contribution in [0.25, 0.3) is 61.0 Å². The molecule has 0 fully saturated rings. The molecule has 376 valence electrons. The average Bonchev–Trinajstić information content (AvgIpc) is 4.11. The molecular weight excluding hydrogens is 913 g/mol. The number of ether oxygens (including phenoxy) is 1. The lowest BCUT2D eigenvalue weighted by atomic mass is 9.79. The van der Waals surface area contributed by atoms with Crippen molar-refractivity contribution in [2.45, 2.75) is 105 Å². The number of fused-ring (bicyclic) bond motifs is 4. The van der Waals surface area contributed by atoms with Crippen LogP contribution in [0.1, 0.15) is 111 Å². The SMILES string of the molecule is [2H]c1c([2H])c(-c2cccc(-c3ccc(-c4cc(C(C)(C)C)cc(C(C)(C)C)c4)cc3)c2N2CN(c3cccc(Oc4ccc5c6ccccc6n(-c6ccc(C(C)(C)C)cn6)c5c4)c3)c3ccccc32)c([2H])c(C(C)(C)C)c1[2H]. The molecule has 0 aliphatic carbocycles. The first-order valence-electron chi connectivity index (χ1n) is 28.3. The Morgan fingerprint density at radius 3 is 1.72 bits per heavy atom. The third kappa shape index (κ3) is 9.50. The van der Waals surface area contributed by atoms with Gasteiger partial charge in [-0.2, -0.15) is 0 Å². The minimum absolute atomic E-state index is 0.0206. The zero-order chi connectivity index (χ0) is 56.1. The van der Waals surface area contributed by atoms with Gasteiger partial charge in [0, 0.05) is 45.9 Å². The summed E-state index contributed by atoms with van der Waals surface area (Å²) >= 11 is 0. The summed E-state index contributed by atoms with van der Waals surface area (Å²) in [4.78, 5) is 9.55. The number of nitrogens with zero attached hydrogens (tertiary/aromatic N) is 4. The van der Waals surface area contributed by atoms with E-state index in [-0.39, 0.29) is 40.4 Å². The van der Waals surface area contributed by atoms with Crippen LogP contribution in [0.5, 0.6) is 11.5 Å². The quantitative estimate of drug-likeness (QED) is 0.152. The maximum atomic E-state index is 9.83. The van der Waals surface area contributed by atoms with E-state index >= 15 is 0 Å². The second kappa shape index (κ2) is 18.5. The third-order valence-electron chi connectivity index (χ3n) is 14.7. The molecule has 0 saturated heterocycles. The number of hydrogen-bond acceptors (Lipinski definition) is 4. The lowest BCUT2D eigenvalue weighted by molar-refractivity contribution is 0.483. The van der Waals surface area contributed by atoms with Crippen LogP contribution in [0, 0.1) is 0 Å². The summed E-state index contributed by atoms with van der Waals surface area (Å²) in [7, 11) is 0. The molecule has 11 rings (SSSR count). The monoisotopic (exact) mass is 987 g/mol. The second-order valence-corrected chi connectivity index (χ2v) is 24.4. The second-order valence-electron chi connectivity index (χ2n) is 24.4. The van der Waals surface area contributed by atoms with E-state index in [1.54, 1.807) is 0 Å². The Kier molecular flexibility index (Phi) is 11.0. The van der Waals surface area contributed by atoms with Gasteiger partial charge in [0.25, 0.3) is 0 Å². The number of pyridine rings is 1. The molecule has 0 bridgehead atoms. The fraction of sp³-hybridized carbons (Fsp3) is 0.243. The highest BCUT2D eigenvalue weighted by molar-refractivity contribution is 6.09. The number of rotatable bonds is 8. The van der Waals surface area contributed by atoms with Crippen molar-refractivity contribution in [3.8, 4) is 50.7 Å². The van der Waals surface area contributed by atoms with E-state index in [9.17, 15) is 2.74 Å². The van der Waals surface area contributed by atoms with Gasteiger partial charge < -0.3 is 14.5 Å². The fourth-order valence-corrected chi connectivity index (χ4v) is 10.3. The van der Waals surface area contributed by atoms with Gasteiger partial charge >= 0.3 is 0 Å². The van der Waals surface area contributed by atoms with Gasteiger partial charge in [-0.15, -0.1) is 0 Å². The summed E-state index contributed by atoms with van der Waals surface area (Å²) in [6, 6.07) is 57.1. The van der Waals surface area contributed by atoms with Gasteiger partial charge in [-0.05, 0) is 115 Å². The largest absolute Gasteiger partial charge is 0.457 e. The first-order valence-corrected chi connectivity index (χ1v) is 26.3. The molecular formula is C70H70N4O. The van der Waals surface area contributed by atoms with Crippen molar-refractivity contribution < 1.29 is 10.2 Å². The van der Waals surface area contributed by atoms with Crippen LogP contribution in [-0.2, 0) is 21.7 Å². The maximum Gasteiger partial charge on any atom is 0.137 e. The first-order chi connectivity index (χ1) is 37.4. The number of anilines is 4. The van der Waals surface area contributed by atoms with E-state index in [2.05, 4.69) is 204 Å². The average molecular weight is 987 g/mol. The van der Waals surface area contributed by atoms with E-state index in [1.807, 2.05) is 63.4 Å². The van der Waals surface area contributed by atoms with Gasteiger partial charge in [-0.25, -0.2) is 4.98 Å². The number of aromatic nitrogens is 2. The standard InChI is InChI=1S/C70H70N4O/c1-67(2,3)50-21-17-20-48(38-50)58-26-19-25-57(47-32-30-46(31-33-47)49-39-52(69(7,8)9)41-53(40-49)70(10,11)12)66(58)73-45-72(62-28-15-16-29-63(62)73)54-22-18-23-55(42-54)75-56-35-36-60-59-24-13-14-27-61(59)74(64(60)43-56)65-37-34-51(44-71-65)68(4,5)6/h13-44H,45H2,1-12H3/i17D,20D,21D,38D. The van der Waals surface area contributed by atoms with Crippen molar-refractivity contribution in [2.24, 2.45) is 0 Å². The van der Waals surface area contributed by atoms with E-state index in [0.717, 1.165) is 67.1 Å². The molecule has 1 aliphatic heterocycles. The van der Waals surface area contributed by atoms with Crippen LogP contribution in [-0.4, -0.2) is 16.2 Å². The molecule has 0 amide bonds.